The van der Waals surface area contributed by atoms with Crippen molar-refractivity contribution < 1.29 is 28.2 Å². The Morgan fingerprint density at radius 1 is 1.03 bits per heavy atom. The summed E-state index contributed by atoms with van der Waals surface area (Å²) in [4.78, 5) is 27.6. The van der Waals surface area contributed by atoms with E-state index in [0.29, 0.717) is 48.0 Å². The summed E-state index contributed by atoms with van der Waals surface area (Å²) in [6, 6.07) is 16.4. The molecule has 3 aromatic carbocycles. The Bertz CT molecular complexity index is 1240. The summed E-state index contributed by atoms with van der Waals surface area (Å²) in [7, 11) is 0. The van der Waals surface area contributed by atoms with Crippen LogP contribution in [0.2, 0.25) is 0 Å². The molecule has 3 aromatic rings. The summed E-state index contributed by atoms with van der Waals surface area (Å²) < 4.78 is 30.0. The Labute approximate surface area is 196 Å². The zero-order valence-corrected chi connectivity index (χ0v) is 18.5. The molecular weight excluding hydrogens is 439 g/mol. The number of fused-ring (bicyclic) bond motifs is 2. The number of nitrogens with one attached hydrogen (secondary N) is 1. The maximum Gasteiger partial charge on any atom is 0.264 e. The Morgan fingerprint density at radius 2 is 1.79 bits per heavy atom. The molecular formula is C26H23FN2O5. The molecule has 2 aliphatic rings. The third-order valence-corrected chi connectivity index (χ3v) is 5.83. The third kappa shape index (κ3) is 4.39. The highest BCUT2D eigenvalue weighted by Crippen LogP contribution is 2.33. The number of amides is 2. The molecule has 1 atom stereocenters. The van der Waals surface area contributed by atoms with Gasteiger partial charge in [0.05, 0.1) is 0 Å². The molecule has 0 fully saturated rings. The van der Waals surface area contributed by atoms with Gasteiger partial charge < -0.3 is 24.4 Å². The van der Waals surface area contributed by atoms with Crippen LogP contribution in [0.1, 0.15) is 34.8 Å². The number of nitrogens with zero attached hydrogens (tertiary/aromatic N) is 1. The van der Waals surface area contributed by atoms with E-state index in [2.05, 4.69) is 5.32 Å². The van der Waals surface area contributed by atoms with Crippen LogP contribution in [0.25, 0.3) is 0 Å². The van der Waals surface area contributed by atoms with E-state index in [1.807, 2.05) is 13.0 Å². The first kappa shape index (κ1) is 21.8. The number of carbonyl (C=O) groups is 2. The maximum atomic E-state index is 13.3. The molecule has 0 bridgehead atoms. The Hall–Kier alpha value is -4.07. The van der Waals surface area contributed by atoms with Crippen molar-refractivity contribution in [3.63, 3.8) is 0 Å². The van der Waals surface area contributed by atoms with Gasteiger partial charge in [0, 0.05) is 29.9 Å². The molecule has 34 heavy (non-hydrogen) atoms. The second-order valence-electron chi connectivity index (χ2n) is 8.18. The standard InChI is InChI=1S/C26H23FN2O5/c1-2-21-26(31)29(13-16-3-6-19(27)7-4-16)14-18-11-20(8-10-22(18)34-21)28-25(30)17-5-9-23-24(12-17)33-15-32-23/h3-12,21H,2,13-15H2,1H3,(H,28,30)/t21-/m0/s1. The van der Waals surface area contributed by atoms with Crippen LogP contribution in [-0.2, 0) is 17.9 Å². The molecule has 174 valence electrons. The van der Waals surface area contributed by atoms with E-state index in [4.69, 9.17) is 14.2 Å². The summed E-state index contributed by atoms with van der Waals surface area (Å²) in [6.07, 6.45) is -0.100. The lowest BCUT2D eigenvalue weighted by Crippen LogP contribution is -2.38. The van der Waals surface area contributed by atoms with Crippen LogP contribution in [-0.4, -0.2) is 29.6 Å². The summed E-state index contributed by atoms with van der Waals surface area (Å²) in [6.45, 7) is 2.66. The van der Waals surface area contributed by atoms with E-state index >= 15 is 0 Å². The molecule has 0 saturated heterocycles. The molecule has 0 aliphatic carbocycles. The van der Waals surface area contributed by atoms with E-state index in [1.165, 1.54) is 12.1 Å². The maximum absolute atomic E-state index is 13.3. The first-order valence-corrected chi connectivity index (χ1v) is 11.0. The Morgan fingerprint density at radius 3 is 2.59 bits per heavy atom. The van der Waals surface area contributed by atoms with Gasteiger partial charge >= 0.3 is 0 Å². The number of benzene rings is 3. The van der Waals surface area contributed by atoms with Gasteiger partial charge in [-0.2, -0.15) is 0 Å². The highest BCUT2D eigenvalue weighted by molar-refractivity contribution is 6.04. The smallest absolute Gasteiger partial charge is 0.264 e. The second kappa shape index (κ2) is 9.05. The van der Waals surface area contributed by atoms with Gasteiger partial charge in [-0.05, 0) is 60.5 Å². The molecule has 0 spiro atoms. The number of carbonyl (C=O) groups excluding carboxylic acids is 2. The van der Waals surface area contributed by atoms with Crippen LogP contribution in [0.5, 0.6) is 17.2 Å². The SMILES string of the molecule is CC[C@@H]1Oc2ccc(NC(=O)c3ccc4c(c3)OCO4)cc2CN(Cc2ccc(F)cc2)C1=O. The first-order valence-electron chi connectivity index (χ1n) is 11.0. The van der Waals surface area contributed by atoms with E-state index in [9.17, 15) is 14.0 Å². The van der Waals surface area contributed by atoms with Gasteiger partial charge in [0.1, 0.15) is 11.6 Å². The van der Waals surface area contributed by atoms with E-state index < -0.39 is 6.10 Å². The molecule has 0 aromatic heterocycles. The lowest BCUT2D eigenvalue weighted by molar-refractivity contribution is -0.139. The molecule has 2 amide bonds. The van der Waals surface area contributed by atoms with Gasteiger partial charge in [-0.3, -0.25) is 9.59 Å². The molecule has 0 radical (unpaired) electrons. The highest BCUT2D eigenvalue weighted by atomic mass is 19.1. The minimum absolute atomic E-state index is 0.131. The van der Waals surface area contributed by atoms with E-state index in [1.54, 1.807) is 47.4 Å². The Balaban J connectivity index is 1.37. The Kier molecular flexibility index (Phi) is 5.79. The fourth-order valence-electron chi connectivity index (χ4n) is 4.03. The van der Waals surface area contributed by atoms with Gasteiger partial charge in [0.15, 0.2) is 17.6 Å². The van der Waals surface area contributed by atoms with Gasteiger partial charge in [-0.15, -0.1) is 0 Å². The van der Waals surface area contributed by atoms with Crippen molar-refractivity contribution in [3.05, 3.63) is 83.2 Å². The second-order valence-corrected chi connectivity index (χ2v) is 8.18. The van der Waals surface area contributed by atoms with Crippen molar-refractivity contribution in [1.29, 1.82) is 0 Å². The molecule has 1 N–H and O–H groups in total. The molecule has 2 aliphatic heterocycles. The average molecular weight is 462 g/mol. The largest absolute Gasteiger partial charge is 0.480 e. The fourth-order valence-corrected chi connectivity index (χ4v) is 4.03. The van der Waals surface area contributed by atoms with E-state index in [-0.39, 0.29) is 24.4 Å². The normalized spacial score (nSPS) is 16.5. The van der Waals surface area contributed by atoms with Crippen LogP contribution < -0.4 is 19.5 Å². The minimum Gasteiger partial charge on any atom is -0.480 e. The fraction of sp³-hybridized carbons (Fsp3) is 0.231. The predicted octanol–water partition coefficient (Wildman–Crippen LogP) is 4.51. The van der Waals surface area contributed by atoms with Crippen molar-refractivity contribution in [2.75, 3.05) is 12.1 Å². The van der Waals surface area contributed by atoms with Gasteiger partial charge in [-0.1, -0.05) is 19.1 Å². The molecule has 0 unspecified atom stereocenters. The van der Waals surface area contributed by atoms with Crippen LogP contribution in [0.4, 0.5) is 10.1 Å². The summed E-state index contributed by atoms with van der Waals surface area (Å²) in [5, 5.41) is 2.89. The first-order chi connectivity index (χ1) is 16.5. The number of anilines is 1. The van der Waals surface area contributed by atoms with Crippen LogP contribution in [0.15, 0.2) is 60.7 Å². The van der Waals surface area contributed by atoms with Crippen molar-refractivity contribution >= 4 is 17.5 Å². The molecule has 5 rings (SSSR count). The number of hydrogen-bond acceptors (Lipinski definition) is 5. The van der Waals surface area contributed by atoms with Crippen molar-refractivity contribution in [2.45, 2.75) is 32.5 Å². The number of halogens is 1. The zero-order valence-electron chi connectivity index (χ0n) is 18.5. The van der Waals surface area contributed by atoms with Crippen LogP contribution >= 0.6 is 0 Å². The summed E-state index contributed by atoms with van der Waals surface area (Å²) in [5.41, 5.74) is 2.61. The lowest BCUT2D eigenvalue weighted by Gasteiger charge is -2.23. The number of hydrogen-bond donors (Lipinski definition) is 1. The molecule has 0 saturated carbocycles. The predicted molar refractivity (Wildman–Crippen MR) is 122 cm³/mol. The summed E-state index contributed by atoms with van der Waals surface area (Å²) >= 11 is 0. The zero-order chi connectivity index (χ0) is 23.7. The molecule has 2 heterocycles. The van der Waals surface area contributed by atoms with E-state index in [0.717, 1.165) is 11.1 Å². The number of ether oxygens (including phenoxy) is 3. The van der Waals surface area contributed by atoms with Crippen molar-refractivity contribution in [2.24, 2.45) is 0 Å². The minimum atomic E-state index is -0.615. The average Bonchev–Trinajstić information content (AvgIpc) is 3.27. The monoisotopic (exact) mass is 462 g/mol. The number of rotatable bonds is 5. The third-order valence-electron chi connectivity index (χ3n) is 5.83. The molecule has 8 heteroatoms. The lowest BCUT2D eigenvalue weighted by atomic mass is 10.1. The quantitative estimate of drug-likeness (QED) is 0.604. The van der Waals surface area contributed by atoms with Gasteiger partial charge in [0.25, 0.3) is 11.8 Å². The van der Waals surface area contributed by atoms with Gasteiger partial charge in [-0.25, -0.2) is 4.39 Å². The van der Waals surface area contributed by atoms with Crippen molar-refractivity contribution in [3.8, 4) is 17.2 Å². The van der Waals surface area contributed by atoms with Crippen molar-refractivity contribution in [1.82, 2.24) is 4.90 Å². The topological polar surface area (TPSA) is 77.1 Å². The van der Waals surface area contributed by atoms with Crippen LogP contribution in [0, 0.1) is 5.82 Å². The highest BCUT2D eigenvalue weighted by Gasteiger charge is 2.30. The molecule has 7 nitrogen and oxygen atoms in total. The van der Waals surface area contributed by atoms with Gasteiger partial charge in [0.2, 0.25) is 6.79 Å². The summed E-state index contributed by atoms with van der Waals surface area (Å²) in [5.74, 6) is 0.989. The van der Waals surface area contributed by atoms with Crippen LogP contribution in [0.3, 0.4) is 0 Å².